The maximum atomic E-state index is 11.2. The highest BCUT2D eigenvalue weighted by Crippen LogP contribution is 2.32. The van der Waals surface area contributed by atoms with Gasteiger partial charge in [-0.3, -0.25) is 14.9 Å². The molecule has 2 N–H and O–H groups in total. The lowest BCUT2D eigenvalue weighted by molar-refractivity contribution is -0.384. The van der Waals surface area contributed by atoms with Crippen LogP contribution in [-0.4, -0.2) is 17.5 Å². The standard InChI is InChI=1S/C10H11ClN2O4/c1-2-17-8(14)5-6-3-4-7(13(15)16)9(11)10(6)12/h3-4H,2,5,12H2,1H3. The maximum absolute atomic E-state index is 11.2. The molecule has 0 bridgehead atoms. The van der Waals surface area contributed by atoms with Crippen molar-refractivity contribution in [2.75, 3.05) is 12.3 Å². The van der Waals surface area contributed by atoms with Crippen molar-refractivity contribution in [3.8, 4) is 0 Å². The Bertz CT molecular complexity index is 462. The van der Waals surface area contributed by atoms with E-state index in [4.69, 9.17) is 22.1 Å². The molecule has 1 rings (SSSR count). The molecule has 17 heavy (non-hydrogen) atoms. The molecule has 0 aliphatic rings. The molecule has 1 aromatic rings. The molecule has 0 fully saturated rings. The third kappa shape index (κ3) is 3.07. The van der Waals surface area contributed by atoms with Crippen molar-refractivity contribution in [1.29, 1.82) is 0 Å². The van der Waals surface area contributed by atoms with Gasteiger partial charge in [-0.05, 0) is 18.6 Å². The quantitative estimate of drug-likeness (QED) is 0.385. The van der Waals surface area contributed by atoms with Crippen LogP contribution >= 0.6 is 11.6 Å². The Morgan fingerprint density at radius 1 is 1.59 bits per heavy atom. The molecule has 6 nitrogen and oxygen atoms in total. The molecule has 0 heterocycles. The molecule has 0 saturated heterocycles. The highest BCUT2D eigenvalue weighted by atomic mass is 35.5. The predicted molar refractivity (Wildman–Crippen MR) is 62.9 cm³/mol. The van der Waals surface area contributed by atoms with E-state index in [2.05, 4.69) is 0 Å². The molecule has 0 aliphatic carbocycles. The topological polar surface area (TPSA) is 95.5 Å². The monoisotopic (exact) mass is 258 g/mol. The van der Waals surface area contributed by atoms with Gasteiger partial charge in [0.05, 0.1) is 23.6 Å². The molecule has 0 aliphatic heterocycles. The van der Waals surface area contributed by atoms with Crippen LogP contribution in [-0.2, 0) is 16.0 Å². The molecule has 0 aromatic heterocycles. The van der Waals surface area contributed by atoms with E-state index in [9.17, 15) is 14.9 Å². The van der Waals surface area contributed by atoms with Crippen molar-refractivity contribution >= 4 is 28.9 Å². The lowest BCUT2D eigenvalue weighted by atomic mass is 10.1. The fraction of sp³-hybridized carbons (Fsp3) is 0.300. The van der Waals surface area contributed by atoms with Crippen LogP contribution in [0.1, 0.15) is 12.5 Å². The van der Waals surface area contributed by atoms with E-state index in [1.54, 1.807) is 6.92 Å². The largest absolute Gasteiger partial charge is 0.466 e. The third-order valence-corrected chi connectivity index (χ3v) is 2.48. The Labute approximate surface area is 102 Å². The minimum absolute atomic E-state index is 0.0360. The fourth-order valence-corrected chi connectivity index (χ4v) is 1.54. The normalized spacial score (nSPS) is 10.0. The number of carbonyl (C=O) groups excluding carboxylic acids is 1. The number of esters is 1. The van der Waals surface area contributed by atoms with Crippen LogP contribution in [0.5, 0.6) is 0 Å². The van der Waals surface area contributed by atoms with E-state index in [0.29, 0.717) is 5.56 Å². The molecule has 0 spiro atoms. The zero-order valence-corrected chi connectivity index (χ0v) is 9.86. The van der Waals surface area contributed by atoms with Crippen molar-refractivity contribution in [2.45, 2.75) is 13.3 Å². The number of nitro benzene ring substituents is 1. The van der Waals surface area contributed by atoms with Crippen molar-refractivity contribution in [3.63, 3.8) is 0 Å². The number of carbonyl (C=O) groups is 1. The first-order valence-corrected chi connectivity index (χ1v) is 5.22. The predicted octanol–water partition coefficient (Wildman–Crippen LogP) is 1.94. The van der Waals surface area contributed by atoms with Crippen LogP contribution in [0.15, 0.2) is 12.1 Å². The minimum atomic E-state index is -0.632. The van der Waals surface area contributed by atoms with E-state index >= 15 is 0 Å². The van der Waals surface area contributed by atoms with Crippen LogP contribution in [0.3, 0.4) is 0 Å². The van der Waals surface area contributed by atoms with Crippen molar-refractivity contribution in [3.05, 3.63) is 32.8 Å². The summed E-state index contributed by atoms with van der Waals surface area (Å²) >= 11 is 5.74. The SMILES string of the molecule is CCOC(=O)Cc1ccc([N+](=O)[O-])c(Cl)c1N. The number of halogens is 1. The molecule has 0 saturated carbocycles. The number of nitrogen functional groups attached to an aromatic ring is 1. The second-order valence-electron chi connectivity index (χ2n) is 3.21. The highest BCUT2D eigenvalue weighted by Gasteiger charge is 2.18. The number of benzene rings is 1. The van der Waals surface area contributed by atoms with Gasteiger partial charge in [-0.25, -0.2) is 0 Å². The Morgan fingerprint density at radius 2 is 2.24 bits per heavy atom. The summed E-state index contributed by atoms with van der Waals surface area (Å²) < 4.78 is 4.75. The molecule has 0 unspecified atom stereocenters. The molecule has 1 aromatic carbocycles. The van der Waals surface area contributed by atoms with Gasteiger partial charge < -0.3 is 10.5 Å². The Balaban J connectivity index is 3.00. The average molecular weight is 259 g/mol. The number of anilines is 1. The number of rotatable bonds is 4. The van der Waals surface area contributed by atoms with Crippen LogP contribution in [0.2, 0.25) is 5.02 Å². The minimum Gasteiger partial charge on any atom is -0.466 e. The summed E-state index contributed by atoms with van der Waals surface area (Å²) in [7, 11) is 0. The van der Waals surface area contributed by atoms with Gasteiger partial charge in [0.2, 0.25) is 0 Å². The molecular weight excluding hydrogens is 248 g/mol. The van der Waals surface area contributed by atoms with Crippen LogP contribution < -0.4 is 5.73 Å². The summed E-state index contributed by atoms with van der Waals surface area (Å²) in [5.74, 6) is -0.455. The lowest BCUT2D eigenvalue weighted by Crippen LogP contribution is -2.09. The smallest absolute Gasteiger partial charge is 0.310 e. The summed E-state index contributed by atoms with van der Waals surface area (Å²) in [6.45, 7) is 1.95. The Kier molecular flexibility index (Phi) is 4.28. The van der Waals surface area contributed by atoms with E-state index in [-0.39, 0.29) is 29.4 Å². The molecule has 7 heteroatoms. The zero-order valence-electron chi connectivity index (χ0n) is 9.10. The maximum Gasteiger partial charge on any atom is 0.310 e. The first-order chi connectivity index (χ1) is 7.97. The average Bonchev–Trinajstić information content (AvgIpc) is 2.25. The second kappa shape index (κ2) is 5.49. The summed E-state index contributed by atoms with van der Waals surface area (Å²) in [6.07, 6.45) is -0.0581. The fourth-order valence-electron chi connectivity index (χ4n) is 1.28. The first kappa shape index (κ1) is 13.2. The Hall–Kier alpha value is -1.82. The van der Waals surface area contributed by atoms with E-state index < -0.39 is 10.9 Å². The molecular formula is C10H11ClN2O4. The van der Waals surface area contributed by atoms with Gasteiger partial charge in [-0.2, -0.15) is 0 Å². The van der Waals surface area contributed by atoms with Gasteiger partial charge in [0.15, 0.2) is 0 Å². The molecule has 0 radical (unpaired) electrons. The summed E-state index contributed by atoms with van der Waals surface area (Å²) in [6, 6.07) is 2.61. The third-order valence-electron chi connectivity index (χ3n) is 2.09. The second-order valence-corrected chi connectivity index (χ2v) is 3.59. The van der Waals surface area contributed by atoms with Crippen LogP contribution in [0, 0.1) is 10.1 Å². The van der Waals surface area contributed by atoms with Gasteiger partial charge >= 0.3 is 5.97 Å². The Morgan fingerprint density at radius 3 is 2.76 bits per heavy atom. The van der Waals surface area contributed by atoms with E-state index in [0.717, 1.165) is 0 Å². The van der Waals surface area contributed by atoms with E-state index in [1.165, 1.54) is 12.1 Å². The van der Waals surface area contributed by atoms with Crippen LogP contribution in [0.4, 0.5) is 11.4 Å². The number of ether oxygens (including phenoxy) is 1. The summed E-state index contributed by atoms with van der Waals surface area (Å²) in [5, 5.41) is 10.4. The summed E-state index contributed by atoms with van der Waals surface area (Å²) in [4.78, 5) is 21.2. The number of nitrogens with zero attached hydrogens (tertiary/aromatic N) is 1. The molecule has 0 amide bonds. The van der Waals surface area contributed by atoms with Gasteiger partial charge in [0, 0.05) is 6.07 Å². The number of nitrogens with two attached hydrogens (primary N) is 1. The van der Waals surface area contributed by atoms with Gasteiger partial charge in [-0.15, -0.1) is 0 Å². The van der Waals surface area contributed by atoms with Gasteiger partial charge in [0.1, 0.15) is 5.02 Å². The number of hydrogen-bond acceptors (Lipinski definition) is 5. The number of hydrogen-bond donors (Lipinski definition) is 1. The van der Waals surface area contributed by atoms with Gasteiger partial charge in [-0.1, -0.05) is 11.6 Å². The summed E-state index contributed by atoms with van der Waals surface area (Å²) in [5.41, 5.74) is 5.79. The van der Waals surface area contributed by atoms with Crippen LogP contribution in [0.25, 0.3) is 0 Å². The van der Waals surface area contributed by atoms with Crippen molar-refractivity contribution in [1.82, 2.24) is 0 Å². The zero-order chi connectivity index (χ0) is 13.0. The van der Waals surface area contributed by atoms with Crippen molar-refractivity contribution in [2.24, 2.45) is 0 Å². The van der Waals surface area contributed by atoms with Crippen molar-refractivity contribution < 1.29 is 14.5 Å². The highest BCUT2D eigenvalue weighted by molar-refractivity contribution is 6.35. The molecule has 0 atom stereocenters. The molecule has 92 valence electrons. The number of nitro groups is 1. The van der Waals surface area contributed by atoms with Gasteiger partial charge in [0.25, 0.3) is 5.69 Å². The van der Waals surface area contributed by atoms with E-state index in [1.807, 2.05) is 0 Å². The first-order valence-electron chi connectivity index (χ1n) is 4.84. The lowest BCUT2D eigenvalue weighted by Gasteiger charge is -2.07.